The van der Waals surface area contributed by atoms with Crippen molar-refractivity contribution in [1.82, 2.24) is 9.55 Å². The highest BCUT2D eigenvalue weighted by Crippen LogP contribution is 2.35. The minimum atomic E-state index is -0.404. The van der Waals surface area contributed by atoms with Gasteiger partial charge in [0.1, 0.15) is 30.6 Å². The lowest BCUT2D eigenvalue weighted by molar-refractivity contribution is -0.910. The maximum absolute atomic E-state index is 12.8. The van der Waals surface area contributed by atoms with Gasteiger partial charge in [-0.2, -0.15) is 0 Å². The molecule has 0 radical (unpaired) electrons. The molecule has 25 heavy (non-hydrogen) atoms. The van der Waals surface area contributed by atoms with Gasteiger partial charge in [-0.25, -0.2) is 4.98 Å². The van der Waals surface area contributed by atoms with Crippen molar-refractivity contribution in [3.63, 3.8) is 0 Å². The van der Waals surface area contributed by atoms with Crippen LogP contribution in [0.3, 0.4) is 0 Å². The molecule has 0 aromatic carbocycles. The Morgan fingerprint density at radius 3 is 3.00 bits per heavy atom. The van der Waals surface area contributed by atoms with E-state index >= 15 is 0 Å². The Balaban J connectivity index is 1.48. The smallest absolute Gasteiger partial charge is 0.262 e. The molecule has 0 spiro atoms. The first-order chi connectivity index (χ1) is 12.1. The van der Waals surface area contributed by atoms with Crippen molar-refractivity contribution in [2.45, 2.75) is 30.5 Å². The number of aliphatic hydroxyl groups excluding tert-OH is 1. The number of aromatic nitrogens is 2. The molecular formula is C17H24N3O3S2+. The molecule has 0 amide bonds. The topological polar surface area (TPSA) is 68.8 Å². The van der Waals surface area contributed by atoms with Crippen LogP contribution in [0.1, 0.15) is 16.9 Å². The summed E-state index contributed by atoms with van der Waals surface area (Å²) in [5.41, 5.74) is 1.28. The number of thioether (sulfide) groups is 1. The lowest BCUT2D eigenvalue weighted by Gasteiger charge is -2.25. The monoisotopic (exact) mass is 382 g/mol. The zero-order valence-electron chi connectivity index (χ0n) is 14.4. The highest BCUT2D eigenvalue weighted by atomic mass is 32.2. The number of hydrogen-bond acceptors (Lipinski definition) is 6. The Morgan fingerprint density at radius 1 is 1.40 bits per heavy atom. The summed E-state index contributed by atoms with van der Waals surface area (Å²) in [5, 5.41) is 11.9. The van der Waals surface area contributed by atoms with Gasteiger partial charge in [-0.15, -0.1) is 11.3 Å². The predicted octanol–water partition coefficient (Wildman–Crippen LogP) is -0.148. The van der Waals surface area contributed by atoms with Gasteiger partial charge >= 0.3 is 0 Å². The van der Waals surface area contributed by atoms with E-state index in [0.29, 0.717) is 10.9 Å². The second kappa shape index (κ2) is 7.36. The van der Waals surface area contributed by atoms with Crippen molar-refractivity contribution in [1.29, 1.82) is 0 Å². The second-order valence-electron chi connectivity index (χ2n) is 6.83. The second-order valence-corrected chi connectivity index (χ2v) is 8.90. The molecular weight excluding hydrogens is 358 g/mol. The lowest BCUT2D eigenvalue weighted by atomic mass is 10.2. The molecule has 136 valence electrons. The molecule has 6 nitrogen and oxygen atoms in total. The van der Waals surface area contributed by atoms with Gasteiger partial charge < -0.3 is 14.7 Å². The van der Waals surface area contributed by atoms with Crippen molar-refractivity contribution in [3.8, 4) is 0 Å². The van der Waals surface area contributed by atoms with Crippen molar-refractivity contribution in [2.75, 3.05) is 38.6 Å². The molecule has 3 heterocycles. The molecule has 8 heteroatoms. The number of fused-ring (bicyclic) bond motifs is 3. The van der Waals surface area contributed by atoms with E-state index in [2.05, 4.69) is 0 Å². The van der Waals surface area contributed by atoms with Gasteiger partial charge in [0.25, 0.3) is 5.56 Å². The van der Waals surface area contributed by atoms with Gasteiger partial charge in [-0.3, -0.25) is 9.36 Å². The quantitative estimate of drug-likeness (QED) is 0.556. The Morgan fingerprint density at radius 2 is 2.20 bits per heavy atom. The van der Waals surface area contributed by atoms with Crippen molar-refractivity contribution in [2.24, 2.45) is 7.05 Å². The van der Waals surface area contributed by atoms with Crippen LogP contribution >= 0.6 is 23.1 Å². The SMILES string of the molecule is Cn1c(SC[C@@H](O)C[NH+]2CCOCC2)nc2sc3c(c2c1=O)CCC3. The van der Waals surface area contributed by atoms with Gasteiger partial charge in [0.2, 0.25) is 0 Å². The van der Waals surface area contributed by atoms with Crippen molar-refractivity contribution >= 4 is 33.3 Å². The maximum Gasteiger partial charge on any atom is 0.262 e. The van der Waals surface area contributed by atoms with Crippen LogP contribution in [0.25, 0.3) is 10.2 Å². The third kappa shape index (κ3) is 3.50. The first-order valence-corrected chi connectivity index (χ1v) is 10.7. The number of morpholine rings is 1. The predicted molar refractivity (Wildman–Crippen MR) is 100.0 cm³/mol. The van der Waals surface area contributed by atoms with Crippen LogP contribution in [0, 0.1) is 0 Å². The third-order valence-electron chi connectivity index (χ3n) is 5.03. The third-order valence-corrected chi connectivity index (χ3v) is 7.39. The van der Waals surface area contributed by atoms with E-state index in [0.717, 1.165) is 62.3 Å². The summed E-state index contributed by atoms with van der Waals surface area (Å²) >= 11 is 3.15. The van der Waals surface area contributed by atoms with E-state index in [1.54, 1.807) is 23.0 Å². The Kier molecular flexibility index (Phi) is 5.15. The number of hydrogen-bond donors (Lipinski definition) is 2. The molecule has 1 fully saturated rings. The molecule has 2 aliphatic rings. The van der Waals surface area contributed by atoms with Crippen LogP contribution < -0.4 is 10.5 Å². The molecule has 1 aliphatic carbocycles. The Labute approximate surface area is 154 Å². The average molecular weight is 383 g/mol. The van der Waals surface area contributed by atoms with Crippen molar-refractivity contribution in [3.05, 3.63) is 20.8 Å². The van der Waals surface area contributed by atoms with Crippen LogP contribution in [0.2, 0.25) is 0 Å². The maximum atomic E-state index is 12.8. The number of aliphatic hydroxyl groups is 1. The molecule has 0 unspecified atom stereocenters. The van der Waals surface area contributed by atoms with Gasteiger partial charge in [0.15, 0.2) is 5.16 Å². The van der Waals surface area contributed by atoms with Gasteiger partial charge in [-0.05, 0) is 24.8 Å². The Bertz CT molecular complexity index is 827. The minimum Gasteiger partial charge on any atom is -0.386 e. The molecule has 0 saturated carbocycles. The first kappa shape index (κ1) is 17.5. The van der Waals surface area contributed by atoms with Gasteiger partial charge in [0.05, 0.1) is 18.6 Å². The standard InChI is InChI=1S/C17H23N3O3S2/c1-19-16(22)14-12-3-2-4-13(12)25-15(14)18-17(19)24-10-11(21)9-20-5-7-23-8-6-20/h11,21H,2-10H2,1H3/p+1/t11-/m0/s1. The minimum absolute atomic E-state index is 0.0557. The van der Waals surface area contributed by atoms with Crippen LogP contribution in [-0.2, 0) is 24.6 Å². The van der Waals surface area contributed by atoms with Crippen LogP contribution in [-0.4, -0.2) is 59.4 Å². The highest BCUT2D eigenvalue weighted by molar-refractivity contribution is 7.99. The fourth-order valence-electron chi connectivity index (χ4n) is 3.66. The summed E-state index contributed by atoms with van der Waals surface area (Å²) in [6, 6.07) is 0. The zero-order chi connectivity index (χ0) is 17.4. The fraction of sp³-hybridized carbons (Fsp3) is 0.647. The molecule has 1 aliphatic heterocycles. The van der Waals surface area contributed by atoms with Crippen LogP contribution in [0.5, 0.6) is 0 Å². The largest absolute Gasteiger partial charge is 0.386 e. The summed E-state index contributed by atoms with van der Waals surface area (Å²) in [6.07, 6.45) is 2.81. The fourth-order valence-corrected chi connectivity index (χ4v) is 5.86. The highest BCUT2D eigenvalue weighted by Gasteiger charge is 2.23. The number of nitrogens with zero attached hydrogens (tertiary/aromatic N) is 2. The van der Waals surface area contributed by atoms with Crippen LogP contribution in [0.4, 0.5) is 0 Å². The molecule has 2 aromatic rings. The zero-order valence-corrected chi connectivity index (χ0v) is 16.0. The normalized spacial score (nSPS) is 19.4. The summed E-state index contributed by atoms with van der Waals surface area (Å²) in [4.78, 5) is 21.1. The van der Waals surface area contributed by atoms with Crippen molar-refractivity contribution < 1.29 is 14.7 Å². The molecule has 2 N–H and O–H groups in total. The molecule has 1 atom stereocenters. The Hall–Kier alpha value is -0.930. The summed E-state index contributed by atoms with van der Waals surface area (Å²) in [7, 11) is 1.79. The number of nitrogens with one attached hydrogen (secondary N) is 1. The van der Waals surface area contributed by atoms with E-state index in [1.807, 2.05) is 0 Å². The van der Waals surface area contributed by atoms with Gasteiger partial charge in [0, 0.05) is 17.7 Å². The first-order valence-electron chi connectivity index (χ1n) is 8.87. The van der Waals surface area contributed by atoms with Crippen LogP contribution in [0.15, 0.2) is 9.95 Å². The van der Waals surface area contributed by atoms with E-state index in [4.69, 9.17) is 9.72 Å². The summed E-state index contributed by atoms with van der Waals surface area (Å²) < 4.78 is 7.00. The lowest BCUT2D eigenvalue weighted by Crippen LogP contribution is -3.15. The number of rotatable bonds is 5. The summed E-state index contributed by atoms with van der Waals surface area (Å²) in [5.74, 6) is 0.557. The molecule has 4 rings (SSSR count). The van der Waals surface area contributed by atoms with E-state index in [1.165, 1.54) is 27.1 Å². The number of thiophene rings is 1. The van der Waals surface area contributed by atoms with E-state index in [-0.39, 0.29) is 5.56 Å². The molecule has 0 bridgehead atoms. The van der Waals surface area contributed by atoms with E-state index < -0.39 is 6.10 Å². The van der Waals surface area contributed by atoms with Gasteiger partial charge in [-0.1, -0.05) is 11.8 Å². The number of quaternary nitrogens is 1. The number of ether oxygens (including phenoxy) is 1. The molecule has 1 saturated heterocycles. The molecule has 2 aromatic heterocycles. The van der Waals surface area contributed by atoms with E-state index in [9.17, 15) is 9.90 Å². The summed E-state index contributed by atoms with van der Waals surface area (Å²) in [6.45, 7) is 4.16. The average Bonchev–Trinajstić information content (AvgIpc) is 3.18. The number of aryl methyl sites for hydroxylation is 2.